The molecule has 0 spiro atoms. The molecule has 0 aromatic carbocycles. The van der Waals surface area contributed by atoms with Crippen LogP contribution in [-0.4, -0.2) is 11.6 Å². The summed E-state index contributed by atoms with van der Waals surface area (Å²) in [4.78, 5) is 11.4. The van der Waals surface area contributed by atoms with E-state index in [4.69, 9.17) is 4.74 Å². The lowest BCUT2D eigenvalue weighted by atomic mass is 9.66. The molecule has 3 fully saturated rings. The van der Waals surface area contributed by atoms with Crippen LogP contribution in [0.4, 0.5) is 0 Å². The molecule has 0 saturated heterocycles. The number of carbonyl (C=O) groups excluding carboxylic acids is 1. The smallest absolute Gasteiger partial charge is 0.330 e. The highest BCUT2D eigenvalue weighted by molar-refractivity contribution is 5.81. The minimum absolute atomic E-state index is 0.125. The summed E-state index contributed by atoms with van der Waals surface area (Å²) in [5, 5.41) is 0. The number of rotatable bonds is 2. The van der Waals surface area contributed by atoms with Crippen LogP contribution in [0.3, 0.4) is 0 Å². The molecule has 0 aliphatic heterocycles. The van der Waals surface area contributed by atoms with Crippen LogP contribution in [-0.2, 0) is 9.53 Å². The second-order valence-corrected chi connectivity index (χ2v) is 5.74. The summed E-state index contributed by atoms with van der Waals surface area (Å²) in [7, 11) is 0. The van der Waals surface area contributed by atoms with Gasteiger partial charge in [0, 0.05) is 6.08 Å². The van der Waals surface area contributed by atoms with E-state index in [9.17, 15) is 4.79 Å². The summed E-state index contributed by atoms with van der Waals surface area (Å²) in [5.74, 6) is 0.559. The van der Waals surface area contributed by atoms with E-state index in [2.05, 4.69) is 6.58 Å². The summed E-state index contributed by atoms with van der Waals surface area (Å²) < 4.78 is 5.61. The van der Waals surface area contributed by atoms with Crippen molar-refractivity contribution in [2.75, 3.05) is 0 Å². The summed E-state index contributed by atoms with van der Waals surface area (Å²) in [5.41, 5.74) is -0.125. The average Bonchev–Trinajstić information content (AvgIpc) is 2.35. The Bertz CT molecular complexity index is 271. The molecule has 2 nitrogen and oxygen atoms in total. The van der Waals surface area contributed by atoms with E-state index in [-0.39, 0.29) is 11.6 Å². The zero-order chi connectivity index (χ0) is 12.1. The molecule has 3 aliphatic rings. The molecule has 0 aromatic heterocycles. The minimum atomic E-state index is -0.238. The molecule has 0 N–H and O–H groups in total. The second kappa shape index (κ2) is 5.70. The van der Waals surface area contributed by atoms with Crippen LogP contribution in [0, 0.1) is 5.92 Å². The van der Waals surface area contributed by atoms with Crippen molar-refractivity contribution in [1.82, 2.24) is 0 Å². The molecular weight excluding hydrogens is 212 g/mol. The predicted molar refractivity (Wildman–Crippen MR) is 68.7 cm³/mol. The molecule has 0 heterocycles. The molecule has 2 bridgehead atoms. The van der Waals surface area contributed by atoms with Crippen molar-refractivity contribution in [3.05, 3.63) is 12.7 Å². The molecule has 0 atom stereocenters. The van der Waals surface area contributed by atoms with Crippen molar-refractivity contribution in [3.63, 3.8) is 0 Å². The van der Waals surface area contributed by atoms with Crippen molar-refractivity contribution >= 4 is 5.97 Å². The minimum Gasteiger partial charge on any atom is -0.456 e. The van der Waals surface area contributed by atoms with Crippen LogP contribution in [0.1, 0.15) is 64.2 Å². The molecule has 2 heteroatoms. The van der Waals surface area contributed by atoms with Gasteiger partial charge in [0.25, 0.3) is 0 Å². The van der Waals surface area contributed by atoms with Crippen LogP contribution in [0.25, 0.3) is 0 Å². The molecule has 96 valence electrons. The highest BCUT2D eigenvalue weighted by Crippen LogP contribution is 2.47. The van der Waals surface area contributed by atoms with Crippen LogP contribution >= 0.6 is 0 Å². The summed E-state index contributed by atoms with van der Waals surface area (Å²) in [6, 6.07) is 0. The van der Waals surface area contributed by atoms with Crippen molar-refractivity contribution in [2.24, 2.45) is 5.92 Å². The van der Waals surface area contributed by atoms with Gasteiger partial charge < -0.3 is 4.74 Å². The summed E-state index contributed by atoms with van der Waals surface area (Å²) >= 11 is 0. The van der Waals surface area contributed by atoms with E-state index < -0.39 is 0 Å². The lowest BCUT2D eigenvalue weighted by Crippen LogP contribution is -2.47. The third-order valence-electron chi connectivity index (χ3n) is 4.30. The lowest BCUT2D eigenvalue weighted by molar-refractivity contribution is -0.172. The zero-order valence-corrected chi connectivity index (χ0v) is 10.7. The van der Waals surface area contributed by atoms with Crippen LogP contribution in [0.15, 0.2) is 12.7 Å². The van der Waals surface area contributed by atoms with Crippen molar-refractivity contribution in [1.29, 1.82) is 0 Å². The quantitative estimate of drug-likeness (QED) is 0.535. The van der Waals surface area contributed by atoms with Crippen LogP contribution in [0.5, 0.6) is 0 Å². The van der Waals surface area contributed by atoms with E-state index in [0.717, 1.165) is 25.2 Å². The normalized spacial score (nSPS) is 34.0. The van der Waals surface area contributed by atoms with E-state index >= 15 is 0 Å². The first kappa shape index (κ1) is 12.7. The van der Waals surface area contributed by atoms with Gasteiger partial charge in [0.1, 0.15) is 5.60 Å². The van der Waals surface area contributed by atoms with Gasteiger partial charge in [-0.1, -0.05) is 45.1 Å². The average molecular weight is 236 g/mol. The Morgan fingerprint density at radius 3 is 2.47 bits per heavy atom. The molecule has 3 rings (SSSR count). The Morgan fingerprint density at radius 2 is 1.76 bits per heavy atom. The van der Waals surface area contributed by atoms with Gasteiger partial charge in [-0.05, 0) is 31.6 Å². The molecular formula is C15H24O2. The SMILES string of the molecule is C=CC(=O)OC12CCCCCCCCC(C1)C2. The van der Waals surface area contributed by atoms with E-state index in [1.807, 2.05) is 0 Å². The molecule has 0 amide bonds. The van der Waals surface area contributed by atoms with E-state index in [0.29, 0.717) is 0 Å². The monoisotopic (exact) mass is 236 g/mol. The number of carbonyl (C=O) groups is 1. The van der Waals surface area contributed by atoms with Gasteiger partial charge in [0.2, 0.25) is 0 Å². The van der Waals surface area contributed by atoms with E-state index in [1.165, 1.54) is 51.0 Å². The summed E-state index contributed by atoms with van der Waals surface area (Å²) in [6.45, 7) is 3.49. The third kappa shape index (κ3) is 3.34. The Kier molecular flexibility index (Phi) is 4.25. The fourth-order valence-electron chi connectivity index (χ4n) is 3.38. The van der Waals surface area contributed by atoms with E-state index in [1.54, 1.807) is 0 Å². The zero-order valence-electron chi connectivity index (χ0n) is 10.7. The molecule has 3 aliphatic carbocycles. The van der Waals surface area contributed by atoms with Gasteiger partial charge in [-0.2, -0.15) is 0 Å². The topological polar surface area (TPSA) is 26.3 Å². The summed E-state index contributed by atoms with van der Waals surface area (Å²) in [6.07, 6.45) is 13.8. The number of hydrogen-bond acceptors (Lipinski definition) is 2. The van der Waals surface area contributed by atoms with Crippen LogP contribution in [0.2, 0.25) is 0 Å². The predicted octanol–water partition coefficient (Wildman–Crippen LogP) is 4.00. The number of fused-ring (bicyclic) bond motifs is 7. The second-order valence-electron chi connectivity index (χ2n) is 5.74. The number of ether oxygens (including phenoxy) is 1. The fraction of sp³-hybridized carbons (Fsp3) is 0.800. The van der Waals surface area contributed by atoms with Gasteiger partial charge in [-0.25, -0.2) is 4.79 Å². The first-order valence-corrected chi connectivity index (χ1v) is 7.09. The maximum absolute atomic E-state index is 11.4. The Balaban J connectivity index is 1.91. The largest absolute Gasteiger partial charge is 0.456 e. The molecule has 0 unspecified atom stereocenters. The Hall–Kier alpha value is -0.790. The maximum Gasteiger partial charge on any atom is 0.330 e. The molecule has 0 radical (unpaired) electrons. The standard InChI is InChI=1S/C15H24O2/c1-2-14(16)17-15-10-8-6-4-3-5-7-9-13(11-15)12-15/h2,13H,1,3-12H2. The van der Waals surface area contributed by atoms with Crippen molar-refractivity contribution < 1.29 is 9.53 Å². The Morgan fingerprint density at radius 1 is 1.12 bits per heavy atom. The first-order chi connectivity index (χ1) is 8.24. The maximum atomic E-state index is 11.4. The molecule has 17 heavy (non-hydrogen) atoms. The highest BCUT2D eigenvalue weighted by atomic mass is 16.6. The Labute approximate surface area is 104 Å². The fourth-order valence-corrected chi connectivity index (χ4v) is 3.38. The van der Waals surface area contributed by atoms with Gasteiger partial charge in [-0.15, -0.1) is 0 Å². The van der Waals surface area contributed by atoms with Gasteiger partial charge >= 0.3 is 5.97 Å². The first-order valence-electron chi connectivity index (χ1n) is 7.09. The van der Waals surface area contributed by atoms with Gasteiger partial charge in [0.05, 0.1) is 0 Å². The number of hydrogen-bond donors (Lipinski definition) is 0. The van der Waals surface area contributed by atoms with Gasteiger partial charge in [0.15, 0.2) is 0 Å². The van der Waals surface area contributed by atoms with Gasteiger partial charge in [-0.3, -0.25) is 0 Å². The molecule has 0 aromatic rings. The van der Waals surface area contributed by atoms with Crippen molar-refractivity contribution in [2.45, 2.75) is 69.8 Å². The number of esters is 1. The lowest BCUT2D eigenvalue weighted by Gasteiger charge is -2.47. The third-order valence-corrected chi connectivity index (χ3v) is 4.30. The molecule has 3 saturated carbocycles. The van der Waals surface area contributed by atoms with Crippen molar-refractivity contribution in [3.8, 4) is 0 Å². The highest BCUT2D eigenvalue weighted by Gasteiger charge is 2.46. The van der Waals surface area contributed by atoms with Crippen LogP contribution < -0.4 is 0 Å².